The third kappa shape index (κ3) is 3.72. The second kappa shape index (κ2) is 7.11. The lowest BCUT2D eigenvalue weighted by molar-refractivity contribution is 0.437. The van der Waals surface area contributed by atoms with Gasteiger partial charge in [-0.1, -0.05) is 26.0 Å². The van der Waals surface area contributed by atoms with Crippen LogP contribution in [0, 0.1) is 11.8 Å². The summed E-state index contributed by atoms with van der Waals surface area (Å²) in [5.41, 5.74) is 0. The van der Waals surface area contributed by atoms with Crippen LogP contribution in [0.15, 0.2) is 25.3 Å². The Morgan fingerprint density at radius 1 is 1.17 bits per heavy atom. The average molecular weight is 167 g/mol. The first-order valence-electron chi connectivity index (χ1n) is 4.75. The van der Waals surface area contributed by atoms with E-state index in [1.165, 1.54) is 0 Å². The van der Waals surface area contributed by atoms with Crippen molar-refractivity contribution in [3.63, 3.8) is 0 Å². The first-order valence-corrected chi connectivity index (χ1v) is 4.75. The summed E-state index contributed by atoms with van der Waals surface area (Å²) in [5, 5.41) is 3.33. The number of nitrogens with one attached hydrogen (secondary N) is 1. The standard InChI is InChI=1S/C11H21N/c1-5-10(6-2)11(7-3)9-12-8-4/h5,7,10-12H,1,3,6,8-9H2,2,4H3. The summed E-state index contributed by atoms with van der Waals surface area (Å²) < 4.78 is 0. The molecule has 0 rings (SSSR count). The molecule has 70 valence electrons. The molecule has 0 aliphatic carbocycles. The lowest BCUT2D eigenvalue weighted by atomic mass is 9.90. The van der Waals surface area contributed by atoms with Gasteiger partial charge in [0.25, 0.3) is 0 Å². The molecule has 2 atom stereocenters. The fourth-order valence-electron chi connectivity index (χ4n) is 1.36. The molecule has 0 aliphatic heterocycles. The third-order valence-electron chi connectivity index (χ3n) is 2.26. The maximum Gasteiger partial charge on any atom is 0.00196 e. The molecule has 0 saturated heterocycles. The Bertz CT molecular complexity index is 129. The van der Waals surface area contributed by atoms with E-state index >= 15 is 0 Å². The summed E-state index contributed by atoms with van der Waals surface area (Å²) in [7, 11) is 0. The lowest BCUT2D eigenvalue weighted by Gasteiger charge is -2.19. The average Bonchev–Trinajstić information content (AvgIpc) is 2.12. The van der Waals surface area contributed by atoms with Crippen molar-refractivity contribution in [3.8, 4) is 0 Å². The van der Waals surface area contributed by atoms with E-state index in [-0.39, 0.29) is 0 Å². The van der Waals surface area contributed by atoms with Crippen LogP contribution in [0.3, 0.4) is 0 Å². The smallest absolute Gasteiger partial charge is 0.00196 e. The Balaban J connectivity index is 3.92. The van der Waals surface area contributed by atoms with Gasteiger partial charge in [-0.25, -0.2) is 0 Å². The van der Waals surface area contributed by atoms with E-state index in [0.717, 1.165) is 19.5 Å². The van der Waals surface area contributed by atoms with Crippen molar-refractivity contribution < 1.29 is 0 Å². The Morgan fingerprint density at radius 3 is 2.08 bits per heavy atom. The van der Waals surface area contributed by atoms with Crippen LogP contribution < -0.4 is 5.32 Å². The zero-order valence-electron chi connectivity index (χ0n) is 8.34. The maximum absolute atomic E-state index is 3.84. The molecule has 12 heavy (non-hydrogen) atoms. The van der Waals surface area contributed by atoms with Crippen molar-refractivity contribution in [2.24, 2.45) is 11.8 Å². The Kier molecular flexibility index (Phi) is 6.78. The van der Waals surface area contributed by atoms with Crippen LogP contribution in [0.5, 0.6) is 0 Å². The first kappa shape index (κ1) is 11.4. The molecule has 0 amide bonds. The van der Waals surface area contributed by atoms with Crippen molar-refractivity contribution in [2.75, 3.05) is 13.1 Å². The lowest BCUT2D eigenvalue weighted by Crippen LogP contribution is -2.25. The number of hydrogen-bond donors (Lipinski definition) is 1. The van der Waals surface area contributed by atoms with E-state index in [1.54, 1.807) is 0 Å². The molecule has 0 aromatic heterocycles. The molecule has 2 unspecified atom stereocenters. The largest absolute Gasteiger partial charge is 0.316 e. The molecule has 0 bridgehead atoms. The minimum Gasteiger partial charge on any atom is -0.316 e. The molecular formula is C11H21N. The monoisotopic (exact) mass is 167 g/mol. The molecule has 0 radical (unpaired) electrons. The van der Waals surface area contributed by atoms with Gasteiger partial charge in [-0.15, -0.1) is 13.2 Å². The maximum atomic E-state index is 3.84. The van der Waals surface area contributed by atoms with Crippen molar-refractivity contribution in [1.29, 1.82) is 0 Å². The molecule has 0 fully saturated rings. The molecule has 1 N–H and O–H groups in total. The highest BCUT2D eigenvalue weighted by atomic mass is 14.8. The topological polar surface area (TPSA) is 12.0 Å². The van der Waals surface area contributed by atoms with Crippen molar-refractivity contribution in [3.05, 3.63) is 25.3 Å². The number of rotatable bonds is 7. The van der Waals surface area contributed by atoms with Gasteiger partial charge in [-0.3, -0.25) is 0 Å². The summed E-state index contributed by atoms with van der Waals surface area (Å²) in [6, 6.07) is 0. The molecule has 0 saturated carbocycles. The zero-order valence-corrected chi connectivity index (χ0v) is 8.34. The number of allylic oxidation sites excluding steroid dienone is 1. The molecule has 1 nitrogen and oxygen atoms in total. The van der Waals surface area contributed by atoms with Crippen LogP contribution in [0.2, 0.25) is 0 Å². The van der Waals surface area contributed by atoms with E-state index in [9.17, 15) is 0 Å². The van der Waals surface area contributed by atoms with E-state index < -0.39 is 0 Å². The third-order valence-corrected chi connectivity index (χ3v) is 2.26. The molecule has 0 spiro atoms. The molecule has 0 aromatic rings. The van der Waals surface area contributed by atoms with Gasteiger partial charge in [0, 0.05) is 6.54 Å². The predicted molar refractivity (Wildman–Crippen MR) is 56.2 cm³/mol. The molecular weight excluding hydrogens is 146 g/mol. The fourth-order valence-corrected chi connectivity index (χ4v) is 1.36. The summed E-state index contributed by atoms with van der Waals surface area (Å²) in [4.78, 5) is 0. The minimum absolute atomic E-state index is 0.535. The Morgan fingerprint density at radius 2 is 1.75 bits per heavy atom. The zero-order chi connectivity index (χ0) is 9.40. The van der Waals surface area contributed by atoms with Gasteiger partial charge >= 0.3 is 0 Å². The predicted octanol–water partition coefficient (Wildman–Crippen LogP) is 2.61. The van der Waals surface area contributed by atoms with Crippen LogP contribution in [0.1, 0.15) is 20.3 Å². The Hall–Kier alpha value is -0.560. The molecule has 0 aromatic carbocycles. The van der Waals surface area contributed by atoms with Crippen molar-refractivity contribution >= 4 is 0 Å². The van der Waals surface area contributed by atoms with E-state index in [2.05, 4.69) is 32.3 Å². The van der Waals surface area contributed by atoms with E-state index in [4.69, 9.17) is 0 Å². The number of hydrogen-bond acceptors (Lipinski definition) is 1. The quantitative estimate of drug-likeness (QED) is 0.575. The second-order valence-corrected chi connectivity index (χ2v) is 3.02. The first-order chi connectivity index (χ1) is 5.79. The normalized spacial score (nSPS) is 15.2. The van der Waals surface area contributed by atoms with Gasteiger partial charge in [-0.2, -0.15) is 0 Å². The van der Waals surface area contributed by atoms with Crippen LogP contribution >= 0.6 is 0 Å². The van der Waals surface area contributed by atoms with E-state index in [0.29, 0.717) is 11.8 Å². The summed E-state index contributed by atoms with van der Waals surface area (Å²) in [5.74, 6) is 1.11. The van der Waals surface area contributed by atoms with Gasteiger partial charge in [-0.05, 0) is 24.8 Å². The molecule has 0 aliphatic rings. The van der Waals surface area contributed by atoms with Crippen molar-refractivity contribution in [1.82, 2.24) is 5.32 Å². The molecule has 0 heterocycles. The van der Waals surface area contributed by atoms with Gasteiger partial charge in [0.05, 0.1) is 0 Å². The Labute approximate surface area is 76.6 Å². The van der Waals surface area contributed by atoms with Crippen LogP contribution in [0.25, 0.3) is 0 Å². The van der Waals surface area contributed by atoms with Crippen LogP contribution in [-0.4, -0.2) is 13.1 Å². The van der Waals surface area contributed by atoms with Gasteiger partial charge in [0.15, 0.2) is 0 Å². The van der Waals surface area contributed by atoms with E-state index in [1.807, 2.05) is 12.2 Å². The highest BCUT2D eigenvalue weighted by molar-refractivity contribution is 4.93. The summed E-state index contributed by atoms with van der Waals surface area (Å²) in [6.07, 6.45) is 5.20. The summed E-state index contributed by atoms with van der Waals surface area (Å²) in [6.45, 7) is 14.0. The fraction of sp³-hybridized carbons (Fsp3) is 0.636. The van der Waals surface area contributed by atoms with Crippen LogP contribution in [-0.2, 0) is 0 Å². The van der Waals surface area contributed by atoms with Crippen LogP contribution in [0.4, 0.5) is 0 Å². The van der Waals surface area contributed by atoms with Gasteiger partial charge in [0.1, 0.15) is 0 Å². The van der Waals surface area contributed by atoms with Gasteiger partial charge < -0.3 is 5.32 Å². The van der Waals surface area contributed by atoms with Gasteiger partial charge in [0.2, 0.25) is 0 Å². The molecule has 1 heteroatoms. The summed E-state index contributed by atoms with van der Waals surface area (Å²) >= 11 is 0. The highest BCUT2D eigenvalue weighted by Gasteiger charge is 2.12. The van der Waals surface area contributed by atoms with Crippen molar-refractivity contribution in [2.45, 2.75) is 20.3 Å². The highest BCUT2D eigenvalue weighted by Crippen LogP contribution is 2.16. The SMILES string of the molecule is C=CC(CC)C(C=C)CNCC. The second-order valence-electron chi connectivity index (χ2n) is 3.02. The minimum atomic E-state index is 0.535.